The molecule has 6 heteroatoms. The number of carboxylic acids is 1. The van der Waals surface area contributed by atoms with E-state index < -0.39 is 18.2 Å². The highest BCUT2D eigenvalue weighted by Gasteiger charge is 2.19. The summed E-state index contributed by atoms with van der Waals surface area (Å²) in [5.41, 5.74) is 0.308. The Bertz CT molecular complexity index is 407. The average molecular weight is 305 g/mol. The molecule has 2 atom stereocenters. The van der Waals surface area contributed by atoms with E-state index in [-0.39, 0.29) is 24.2 Å². The van der Waals surface area contributed by atoms with Gasteiger partial charge in [-0.15, -0.1) is 0 Å². The molecule has 0 radical (unpaired) electrons. The Morgan fingerprint density at radius 1 is 1.29 bits per heavy atom. The van der Waals surface area contributed by atoms with Crippen molar-refractivity contribution >= 4 is 21.9 Å². The normalized spacial score (nSPS) is 14.4. The number of aromatic carboxylic acids is 1. The number of benzene rings is 1. The van der Waals surface area contributed by atoms with Gasteiger partial charge in [0.1, 0.15) is 6.10 Å². The second kappa shape index (κ2) is 6.11. The molecular weight excluding hydrogens is 292 g/mol. The van der Waals surface area contributed by atoms with Crippen LogP contribution in [0.1, 0.15) is 28.4 Å². The molecule has 4 N–H and O–H groups in total. The first-order valence-corrected chi connectivity index (χ1v) is 5.75. The molecule has 17 heavy (non-hydrogen) atoms. The smallest absolute Gasteiger partial charge is 0.335 e. The molecular formula is C11H13BrO5. The molecule has 1 aromatic carbocycles. The molecule has 0 spiro atoms. The summed E-state index contributed by atoms with van der Waals surface area (Å²) in [6.07, 6.45) is -2.33. The van der Waals surface area contributed by atoms with E-state index in [2.05, 4.69) is 15.9 Å². The Kier molecular flexibility index (Phi) is 5.07. The highest BCUT2D eigenvalue weighted by atomic mass is 79.9. The standard InChI is InChI=1S/C11H13BrO5/c12-8-4-6(3-7(5-8)11(16)17)10(15)9(14)1-2-13/h3-5,9-10,13-15H,1-2H2,(H,16,17). The fourth-order valence-electron chi connectivity index (χ4n) is 1.42. The number of hydrogen-bond donors (Lipinski definition) is 4. The van der Waals surface area contributed by atoms with Crippen molar-refractivity contribution in [1.82, 2.24) is 0 Å². The minimum absolute atomic E-state index is 0.0182. The predicted octanol–water partition coefficient (Wildman–Crippen LogP) is 0.924. The molecule has 0 aliphatic rings. The van der Waals surface area contributed by atoms with E-state index in [0.717, 1.165) is 0 Å². The highest BCUT2D eigenvalue weighted by Crippen LogP contribution is 2.24. The predicted molar refractivity (Wildman–Crippen MR) is 63.8 cm³/mol. The molecule has 0 amide bonds. The zero-order chi connectivity index (χ0) is 13.0. The van der Waals surface area contributed by atoms with Gasteiger partial charge in [-0.05, 0) is 30.2 Å². The van der Waals surface area contributed by atoms with Crippen molar-refractivity contribution < 1.29 is 25.2 Å². The van der Waals surface area contributed by atoms with Crippen LogP contribution in [0, 0.1) is 0 Å². The number of rotatable bonds is 5. The lowest BCUT2D eigenvalue weighted by Crippen LogP contribution is -2.19. The lowest BCUT2D eigenvalue weighted by atomic mass is 10.0. The van der Waals surface area contributed by atoms with Crippen LogP contribution in [0.4, 0.5) is 0 Å². The summed E-state index contributed by atoms with van der Waals surface area (Å²) in [6, 6.07) is 4.22. The van der Waals surface area contributed by atoms with Crippen molar-refractivity contribution in [3.8, 4) is 0 Å². The van der Waals surface area contributed by atoms with Crippen LogP contribution in [0.3, 0.4) is 0 Å². The van der Waals surface area contributed by atoms with Crippen molar-refractivity contribution in [2.45, 2.75) is 18.6 Å². The first kappa shape index (κ1) is 14.1. The van der Waals surface area contributed by atoms with Gasteiger partial charge >= 0.3 is 5.97 Å². The summed E-state index contributed by atoms with van der Waals surface area (Å²) < 4.78 is 0.502. The van der Waals surface area contributed by atoms with Crippen LogP contribution in [0.15, 0.2) is 22.7 Å². The molecule has 0 aliphatic heterocycles. The van der Waals surface area contributed by atoms with Crippen LogP contribution in [-0.4, -0.2) is 39.1 Å². The summed E-state index contributed by atoms with van der Waals surface area (Å²) in [6.45, 7) is -0.252. The van der Waals surface area contributed by atoms with Crippen molar-refractivity contribution in [3.05, 3.63) is 33.8 Å². The van der Waals surface area contributed by atoms with E-state index in [1.165, 1.54) is 18.2 Å². The molecule has 0 aromatic heterocycles. The Morgan fingerprint density at radius 2 is 1.94 bits per heavy atom. The van der Waals surface area contributed by atoms with Gasteiger partial charge in [0.05, 0.1) is 11.7 Å². The van der Waals surface area contributed by atoms with E-state index in [1.807, 2.05) is 0 Å². The monoisotopic (exact) mass is 304 g/mol. The number of carboxylic acid groups (broad SMARTS) is 1. The largest absolute Gasteiger partial charge is 0.478 e. The first-order chi connectivity index (χ1) is 7.95. The van der Waals surface area contributed by atoms with Gasteiger partial charge in [0.25, 0.3) is 0 Å². The lowest BCUT2D eigenvalue weighted by molar-refractivity contribution is 0.00412. The second-order valence-corrected chi connectivity index (χ2v) is 4.52. The van der Waals surface area contributed by atoms with E-state index in [9.17, 15) is 15.0 Å². The van der Waals surface area contributed by atoms with Gasteiger partial charge in [0.15, 0.2) is 0 Å². The Balaban J connectivity index is 3.01. The molecule has 0 saturated heterocycles. The summed E-state index contributed by atoms with van der Waals surface area (Å²) in [4.78, 5) is 10.8. The third-order valence-electron chi connectivity index (χ3n) is 2.30. The lowest BCUT2D eigenvalue weighted by Gasteiger charge is -2.17. The van der Waals surface area contributed by atoms with Gasteiger partial charge in [0.2, 0.25) is 0 Å². The maximum absolute atomic E-state index is 10.8. The number of halogens is 1. The first-order valence-electron chi connectivity index (χ1n) is 4.96. The average Bonchev–Trinajstić information content (AvgIpc) is 2.27. The Hall–Kier alpha value is -0.950. The number of carbonyl (C=O) groups is 1. The van der Waals surface area contributed by atoms with Gasteiger partial charge in [-0.1, -0.05) is 15.9 Å². The Morgan fingerprint density at radius 3 is 2.47 bits per heavy atom. The maximum atomic E-state index is 10.8. The molecule has 0 bridgehead atoms. The molecule has 0 aliphatic carbocycles. The van der Waals surface area contributed by atoms with Crippen LogP contribution in [0.2, 0.25) is 0 Å². The fourth-order valence-corrected chi connectivity index (χ4v) is 1.93. The molecule has 1 rings (SSSR count). The van der Waals surface area contributed by atoms with Gasteiger partial charge in [-0.3, -0.25) is 0 Å². The Labute approximate surface area is 106 Å². The quantitative estimate of drug-likeness (QED) is 0.648. The van der Waals surface area contributed by atoms with Gasteiger partial charge < -0.3 is 20.4 Å². The van der Waals surface area contributed by atoms with Crippen molar-refractivity contribution in [2.75, 3.05) is 6.61 Å². The molecule has 5 nitrogen and oxygen atoms in total. The van der Waals surface area contributed by atoms with Crippen LogP contribution in [-0.2, 0) is 0 Å². The molecule has 94 valence electrons. The molecule has 0 fully saturated rings. The SMILES string of the molecule is O=C(O)c1cc(Br)cc(C(O)C(O)CCO)c1. The van der Waals surface area contributed by atoms with Crippen LogP contribution in [0.5, 0.6) is 0 Å². The number of hydrogen-bond acceptors (Lipinski definition) is 4. The van der Waals surface area contributed by atoms with Crippen molar-refractivity contribution in [1.29, 1.82) is 0 Å². The van der Waals surface area contributed by atoms with E-state index in [4.69, 9.17) is 10.2 Å². The summed E-state index contributed by atoms with van der Waals surface area (Å²) >= 11 is 3.13. The summed E-state index contributed by atoms with van der Waals surface area (Å²) in [7, 11) is 0. The molecule has 1 aromatic rings. The minimum atomic E-state index is -1.22. The van der Waals surface area contributed by atoms with Crippen LogP contribution >= 0.6 is 15.9 Å². The zero-order valence-corrected chi connectivity index (χ0v) is 10.5. The van der Waals surface area contributed by atoms with E-state index >= 15 is 0 Å². The highest BCUT2D eigenvalue weighted by molar-refractivity contribution is 9.10. The summed E-state index contributed by atoms with van der Waals surface area (Å²) in [5.74, 6) is -1.11. The minimum Gasteiger partial charge on any atom is -0.478 e. The third-order valence-corrected chi connectivity index (χ3v) is 2.76. The fraction of sp³-hybridized carbons (Fsp3) is 0.364. The summed E-state index contributed by atoms with van der Waals surface area (Å²) in [5, 5.41) is 36.8. The van der Waals surface area contributed by atoms with Gasteiger partial charge in [-0.25, -0.2) is 4.79 Å². The number of aliphatic hydroxyl groups is 3. The van der Waals surface area contributed by atoms with E-state index in [0.29, 0.717) is 4.47 Å². The molecule has 0 saturated carbocycles. The van der Waals surface area contributed by atoms with Crippen molar-refractivity contribution in [2.24, 2.45) is 0 Å². The van der Waals surface area contributed by atoms with Crippen LogP contribution < -0.4 is 0 Å². The number of aliphatic hydroxyl groups excluding tert-OH is 3. The van der Waals surface area contributed by atoms with E-state index in [1.54, 1.807) is 0 Å². The van der Waals surface area contributed by atoms with Gasteiger partial charge in [-0.2, -0.15) is 0 Å². The molecule has 2 unspecified atom stereocenters. The van der Waals surface area contributed by atoms with Gasteiger partial charge in [0, 0.05) is 11.1 Å². The van der Waals surface area contributed by atoms with Crippen LogP contribution in [0.25, 0.3) is 0 Å². The zero-order valence-electron chi connectivity index (χ0n) is 8.88. The maximum Gasteiger partial charge on any atom is 0.335 e. The van der Waals surface area contributed by atoms with Crippen molar-refractivity contribution in [3.63, 3.8) is 0 Å². The second-order valence-electron chi connectivity index (χ2n) is 3.60. The molecule has 0 heterocycles. The third kappa shape index (κ3) is 3.78. The topological polar surface area (TPSA) is 98.0 Å².